The minimum absolute atomic E-state index is 0.352. The molecule has 0 aliphatic rings. The van der Waals surface area contributed by atoms with E-state index in [1.54, 1.807) is 0 Å². The van der Waals surface area contributed by atoms with Gasteiger partial charge in [0.05, 0.1) is 0 Å². The molecule has 0 fully saturated rings. The number of aryl methyl sites for hydroxylation is 1. The molecular formula is C18H22ClN. The van der Waals surface area contributed by atoms with Crippen LogP contribution in [0.2, 0.25) is 5.02 Å². The molecule has 0 saturated heterocycles. The first kappa shape index (κ1) is 15.1. The Hall–Kier alpha value is -1.31. The second kappa shape index (κ2) is 8.08. The molecule has 0 amide bonds. The van der Waals surface area contributed by atoms with Gasteiger partial charge in [0.1, 0.15) is 0 Å². The average Bonchev–Trinajstić information content (AvgIpc) is 2.48. The smallest absolute Gasteiger partial charge is 0.0409 e. The predicted molar refractivity (Wildman–Crippen MR) is 87.2 cm³/mol. The molecule has 106 valence electrons. The van der Waals surface area contributed by atoms with Crippen molar-refractivity contribution in [2.75, 3.05) is 6.54 Å². The Morgan fingerprint density at radius 3 is 2.55 bits per heavy atom. The molecule has 0 heterocycles. The lowest BCUT2D eigenvalue weighted by molar-refractivity contribution is 0.546. The maximum atomic E-state index is 6.01. The van der Waals surface area contributed by atoms with Crippen molar-refractivity contribution in [1.82, 2.24) is 5.32 Å². The molecule has 0 radical (unpaired) electrons. The van der Waals surface area contributed by atoms with Crippen LogP contribution in [-0.2, 0) is 6.42 Å². The van der Waals surface area contributed by atoms with E-state index >= 15 is 0 Å². The van der Waals surface area contributed by atoms with Crippen LogP contribution in [0.3, 0.4) is 0 Å². The summed E-state index contributed by atoms with van der Waals surface area (Å²) in [7, 11) is 0. The molecule has 1 N–H and O–H groups in total. The molecule has 20 heavy (non-hydrogen) atoms. The fraction of sp³-hybridized carbons (Fsp3) is 0.333. The summed E-state index contributed by atoms with van der Waals surface area (Å²) in [5, 5.41) is 4.36. The number of halogens is 1. The van der Waals surface area contributed by atoms with E-state index in [9.17, 15) is 0 Å². The van der Waals surface area contributed by atoms with Crippen LogP contribution >= 0.6 is 11.6 Å². The van der Waals surface area contributed by atoms with Gasteiger partial charge in [0.15, 0.2) is 0 Å². The van der Waals surface area contributed by atoms with E-state index in [0.717, 1.165) is 18.0 Å². The molecule has 0 bridgehead atoms. The average molecular weight is 288 g/mol. The summed E-state index contributed by atoms with van der Waals surface area (Å²) < 4.78 is 0. The summed E-state index contributed by atoms with van der Waals surface area (Å²) >= 11 is 6.01. The number of hydrogen-bond donors (Lipinski definition) is 1. The molecule has 1 unspecified atom stereocenters. The van der Waals surface area contributed by atoms with Crippen molar-refractivity contribution in [2.24, 2.45) is 0 Å². The van der Waals surface area contributed by atoms with Crippen LogP contribution in [-0.4, -0.2) is 6.54 Å². The number of rotatable bonds is 7. The third kappa shape index (κ3) is 4.99. The van der Waals surface area contributed by atoms with E-state index in [2.05, 4.69) is 48.6 Å². The zero-order chi connectivity index (χ0) is 14.2. The molecule has 0 spiro atoms. The molecular weight excluding hydrogens is 266 g/mol. The van der Waals surface area contributed by atoms with Crippen molar-refractivity contribution in [2.45, 2.75) is 32.2 Å². The Kier molecular flexibility index (Phi) is 6.10. The maximum absolute atomic E-state index is 6.01. The highest BCUT2D eigenvalue weighted by atomic mass is 35.5. The van der Waals surface area contributed by atoms with Gasteiger partial charge in [-0.3, -0.25) is 0 Å². The van der Waals surface area contributed by atoms with Crippen molar-refractivity contribution in [3.63, 3.8) is 0 Å². The van der Waals surface area contributed by atoms with Gasteiger partial charge in [0.25, 0.3) is 0 Å². The molecule has 0 aromatic heterocycles. The fourth-order valence-corrected chi connectivity index (χ4v) is 2.51. The molecule has 2 aromatic carbocycles. The third-order valence-electron chi connectivity index (χ3n) is 3.53. The largest absolute Gasteiger partial charge is 0.310 e. The predicted octanol–water partition coefficient (Wildman–Crippen LogP) is 5.01. The van der Waals surface area contributed by atoms with E-state index in [1.807, 2.05) is 18.2 Å². The first-order valence-electron chi connectivity index (χ1n) is 7.28. The highest BCUT2D eigenvalue weighted by molar-refractivity contribution is 6.30. The molecule has 2 aromatic rings. The summed E-state index contributed by atoms with van der Waals surface area (Å²) in [5.41, 5.74) is 2.68. The highest BCUT2D eigenvalue weighted by Gasteiger charge is 2.04. The van der Waals surface area contributed by atoms with Gasteiger partial charge >= 0.3 is 0 Å². The Balaban J connectivity index is 1.66. The lowest BCUT2D eigenvalue weighted by atomic mass is 10.1. The van der Waals surface area contributed by atoms with Gasteiger partial charge in [0, 0.05) is 11.1 Å². The molecule has 0 aliphatic carbocycles. The Labute approximate surface area is 127 Å². The second-order valence-corrected chi connectivity index (χ2v) is 5.61. The zero-order valence-electron chi connectivity index (χ0n) is 12.0. The van der Waals surface area contributed by atoms with Crippen molar-refractivity contribution in [3.05, 3.63) is 70.7 Å². The Bertz CT molecular complexity index is 510. The third-order valence-corrected chi connectivity index (χ3v) is 3.77. The van der Waals surface area contributed by atoms with Crippen LogP contribution in [0, 0.1) is 0 Å². The highest BCUT2D eigenvalue weighted by Crippen LogP contribution is 2.17. The quantitative estimate of drug-likeness (QED) is 0.706. The first-order valence-corrected chi connectivity index (χ1v) is 7.66. The standard InChI is InChI=1S/C18H22ClN/c1-15(17-11-7-12-18(19)14-17)20-13-6-5-10-16-8-3-2-4-9-16/h2-4,7-9,11-12,14-15,20H,5-6,10,13H2,1H3. The summed E-state index contributed by atoms with van der Waals surface area (Å²) in [5.74, 6) is 0. The molecule has 0 aliphatic heterocycles. The fourth-order valence-electron chi connectivity index (χ4n) is 2.31. The van der Waals surface area contributed by atoms with Gasteiger partial charge in [-0.1, -0.05) is 54.1 Å². The zero-order valence-corrected chi connectivity index (χ0v) is 12.7. The van der Waals surface area contributed by atoms with Crippen molar-refractivity contribution < 1.29 is 0 Å². The molecule has 1 atom stereocenters. The minimum Gasteiger partial charge on any atom is -0.310 e. The monoisotopic (exact) mass is 287 g/mol. The molecule has 1 nitrogen and oxygen atoms in total. The van der Waals surface area contributed by atoms with Crippen LogP contribution in [0.15, 0.2) is 54.6 Å². The summed E-state index contributed by atoms with van der Waals surface area (Å²) in [6, 6.07) is 19.1. The SMILES string of the molecule is CC(NCCCCc1ccccc1)c1cccc(Cl)c1. The van der Waals surface area contributed by atoms with Crippen LogP contribution in [0.1, 0.15) is 36.9 Å². The van der Waals surface area contributed by atoms with Crippen LogP contribution in [0.25, 0.3) is 0 Å². The van der Waals surface area contributed by atoms with Crippen LogP contribution < -0.4 is 5.32 Å². The van der Waals surface area contributed by atoms with Crippen LogP contribution in [0.4, 0.5) is 0 Å². The molecule has 2 heteroatoms. The molecule has 2 rings (SSSR count). The topological polar surface area (TPSA) is 12.0 Å². The van der Waals surface area contributed by atoms with Gasteiger partial charge in [0.2, 0.25) is 0 Å². The van der Waals surface area contributed by atoms with E-state index in [-0.39, 0.29) is 0 Å². The van der Waals surface area contributed by atoms with Gasteiger partial charge in [-0.05, 0) is 56.0 Å². The number of unbranched alkanes of at least 4 members (excludes halogenated alkanes) is 1. The first-order chi connectivity index (χ1) is 9.75. The lowest BCUT2D eigenvalue weighted by Gasteiger charge is -2.14. The number of nitrogens with one attached hydrogen (secondary N) is 1. The van der Waals surface area contributed by atoms with Gasteiger partial charge in [-0.25, -0.2) is 0 Å². The van der Waals surface area contributed by atoms with E-state index in [1.165, 1.54) is 24.0 Å². The van der Waals surface area contributed by atoms with Gasteiger partial charge in [-0.2, -0.15) is 0 Å². The minimum atomic E-state index is 0.352. The number of benzene rings is 2. The summed E-state index contributed by atoms with van der Waals surface area (Å²) in [6.07, 6.45) is 3.58. The Morgan fingerprint density at radius 2 is 1.80 bits per heavy atom. The molecule has 0 saturated carbocycles. The van der Waals surface area contributed by atoms with E-state index in [4.69, 9.17) is 11.6 Å². The second-order valence-electron chi connectivity index (χ2n) is 5.17. The van der Waals surface area contributed by atoms with Crippen molar-refractivity contribution >= 4 is 11.6 Å². The number of hydrogen-bond acceptors (Lipinski definition) is 1. The maximum Gasteiger partial charge on any atom is 0.0409 e. The van der Waals surface area contributed by atoms with E-state index in [0.29, 0.717) is 6.04 Å². The van der Waals surface area contributed by atoms with Gasteiger partial charge in [-0.15, -0.1) is 0 Å². The van der Waals surface area contributed by atoms with Crippen LogP contribution in [0.5, 0.6) is 0 Å². The van der Waals surface area contributed by atoms with Crippen molar-refractivity contribution in [1.29, 1.82) is 0 Å². The van der Waals surface area contributed by atoms with E-state index < -0.39 is 0 Å². The Morgan fingerprint density at radius 1 is 1.00 bits per heavy atom. The van der Waals surface area contributed by atoms with Crippen molar-refractivity contribution in [3.8, 4) is 0 Å². The summed E-state index contributed by atoms with van der Waals surface area (Å²) in [4.78, 5) is 0. The van der Waals surface area contributed by atoms with Gasteiger partial charge < -0.3 is 5.32 Å². The lowest BCUT2D eigenvalue weighted by Crippen LogP contribution is -2.19. The normalized spacial score (nSPS) is 12.3. The summed E-state index contributed by atoms with van der Waals surface area (Å²) in [6.45, 7) is 3.23.